The molecule has 1 saturated heterocycles. The van der Waals surface area contributed by atoms with Crippen LogP contribution in [0.3, 0.4) is 0 Å². The second-order valence-electron chi connectivity index (χ2n) is 8.35. The molecule has 1 N–H and O–H groups in total. The molecule has 3 heterocycles. The van der Waals surface area contributed by atoms with Crippen molar-refractivity contribution < 1.29 is 18.7 Å². The van der Waals surface area contributed by atoms with E-state index < -0.39 is 5.92 Å². The highest BCUT2D eigenvalue weighted by molar-refractivity contribution is 6.00. The number of rotatable bonds is 7. The van der Waals surface area contributed by atoms with Crippen LogP contribution in [0.5, 0.6) is 5.88 Å². The van der Waals surface area contributed by atoms with Crippen LogP contribution in [0.25, 0.3) is 17.0 Å². The number of aryl methyl sites for hydroxylation is 1. The number of fused-ring (bicyclic) bond motifs is 1. The van der Waals surface area contributed by atoms with Crippen LogP contribution >= 0.6 is 0 Å². The summed E-state index contributed by atoms with van der Waals surface area (Å²) in [6.07, 6.45) is 0.179. The molecule has 1 atom stereocenters. The summed E-state index contributed by atoms with van der Waals surface area (Å²) in [5.41, 5.74) is 3.10. The largest absolute Gasteiger partial charge is 0.475 e. The van der Waals surface area contributed by atoms with E-state index in [2.05, 4.69) is 20.6 Å². The average molecular weight is 474 g/mol. The van der Waals surface area contributed by atoms with Crippen molar-refractivity contribution in [3.63, 3.8) is 0 Å². The third kappa shape index (κ3) is 4.81. The van der Waals surface area contributed by atoms with E-state index in [1.165, 1.54) is 16.6 Å². The van der Waals surface area contributed by atoms with Crippen LogP contribution in [-0.4, -0.2) is 51.3 Å². The van der Waals surface area contributed by atoms with Crippen LogP contribution in [0.4, 0.5) is 10.1 Å². The molecule has 10 heteroatoms. The van der Waals surface area contributed by atoms with E-state index in [0.717, 1.165) is 11.3 Å². The number of nitrogens with one attached hydrogen (secondary N) is 1. The lowest BCUT2D eigenvalue weighted by Gasteiger charge is -2.17. The molecule has 1 fully saturated rings. The minimum absolute atomic E-state index is 0.0614. The first kappa shape index (κ1) is 22.5. The number of carbonyl (C=O) groups is 2. The van der Waals surface area contributed by atoms with Crippen molar-refractivity contribution >= 4 is 23.1 Å². The Kier molecular flexibility index (Phi) is 6.09. The molecule has 1 unspecified atom stereocenters. The smallest absolute Gasteiger partial charge is 0.231 e. The zero-order valence-electron chi connectivity index (χ0n) is 19.0. The molecule has 5 rings (SSSR count). The second kappa shape index (κ2) is 9.49. The Morgan fingerprint density at radius 1 is 1.09 bits per heavy atom. The predicted molar refractivity (Wildman–Crippen MR) is 126 cm³/mol. The van der Waals surface area contributed by atoms with Gasteiger partial charge < -0.3 is 15.0 Å². The molecule has 4 aromatic rings. The van der Waals surface area contributed by atoms with Gasteiger partial charge in [-0.05, 0) is 49.4 Å². The number of aromatic nitrogens is 4. The summed E-state index contributed by atoms with van der Waals surface area (Å²) < 4.78 is 20.4. The standard InChI is InChI=1S/C25H23FN6O3/c1-16-2-8-20(9-3-16)31-15-18(14-23(31)33)25(34)27-12-13-35-22-11-10-21-28-29-24(32(21)30-22)17-4-6-19(26)7-5-17/h2-11,18H,12-15H2,1H3,(H,27,34). The summed E-state index contributed by atoms with van der Waals surface area (Å²) in [5, 5.41) is 15.4. The van der Waals surface area contributed by atoms with E-state index in [0.29, 0.717) is 29.5 Å². The topological polar surface area (TPSA) is 102 Å². The summed E-state index contributed by atoms with van der Waals surface area (Å²) in [5.74, 6) is -0.203. The molecule has 0 bridgehead atoms. The number of amides is 2. The van der Waals surface area contributed by atoms with Gasteiger partial charge in [0.1, 0.15) is 12.4 Å². The second-order valence-corrected chi connectivity index (χ2v) is 8.35. The van der Waals surface area contributed by atoms with Crippen molar-refractivity contribution in [2.24, 2.45) is 5.92 Å². The summed E-state index contributed by atoms with van der Waals surface area (Å²) in [7, 11) is 0. The molecule has 2 amide bonds. The fourth-order valence-electron chi connectivity index (χ4n) is 3.96. The van der Waals surface area contributed by atoms with Crippen molar-refractivity contribution in [2.75, 3.05) is 24.6 Å². The van der Waals surface area contributed by atoms with E-state index in [1.54, 1.807) is 29.2 Å². The fourth-order valence-corrected chi connectivity index (χ4v) is 3.96. The van der Waals surface area contributed by atoms with E-state index in [-0.39, 0.29) is 37.2 Å². The maximum atomic E-state index is 13.2. The van der Waals surface area contributed by atoms with Crippen LogP contribution in [0.15, 0.2) is 60.7 Å². The molecular weight excluding hydrogens is 451 g/mol. The first-order chi connectivity index (χ1) is 17.0. The van der Waals surface area contributed by atoms with Gasteiger partial charge in [-0.15, -0.1) is 15.3 Å². The Hall–Kier alpha value is -4.34. The highest BCUT2D eigenvalue weighted by atomic mass is 19.1. The lowest BCUT2D eigenvalue weighted by molar-refractivity contribution is -0.126. The van der Waals surface area contributed by atoms with E-state index in [9.17, 15) is 14.0 Å². The van der Waals surface area contributed by atoms with Gasteiger partial charge in [-0.2, -0.15) is 4.52 Å². The van der Waals surface area contributed by atoms with Crippen LogP contribution < -0.4 is 15.0 Å². The lowest BCUT2D eigenvalue weighted by Crippen LogP contribution is -2.35. The van der Waals surface area contributed by atoms with Crippen LogP contribution in [0, 0.1) is 18.7 Å². The first-order valence-electron chi connectivity index (χ1n) is 11.2. The number of ether oxygens (including phenoxy) is 1. The number of benzene rings is 2. The van der Waals surface area contributed by atoms with E-state index in [1.807, 2.05) is 31.2 Å². The Labute approximate surface area is 200 Å². The van der Waals surface area contributed by atoms with Crippen molar-refractivity contribution in [3.05, 3.63) is 72.0 Å². The summed E-state index contributed by atoms with van der Waals surface area (Å²) in [4.78, 5) is 26.6. The number of nitrogens with zero attached hydrogens (tertiary/aromatic N) is 5. The SMILES string of the molecule is Cc1ccc(N2CC(C(=O)NCCOc3ccc4nnc(-c5ccc(F)cc5)n4n3)CC2=O)cc1. The fraction of sp³-hybridized carbons (Fsp3) is 0.240. The molecule has 0 radical (unpaired) electrons. The normalized spacial score (nSPS) is 15.5. The zero-order chi connectivity index (χ0) is 24.4. The molecule has 0 spiro atoms. The van der Waals surface area contributed by atoms with Gasteiger partial charge in [0.25, 0.3) is 0 Å². The molecule has 178 valence electrons. The Bertz CT molecular complexity index is 1370. The molecule has 2 aromatic carbocycles. The monoisotopic (exact) mass is 474 g/mol. The molecule has 0 aliphatic carbocycles. The Morgan fingerprint density at radius 3 is 2.63 bits per heavy atom. The van der Waals surface area contributed by atoms with Crippen LogP contribution in [-0.2, 0) is 9.59 Å². The average Bonchev–Trinajstić information content (AvgIpc) is 3.46. The minimum Gasteiger partial charge on any atom is -0.475 e. The van der Waals surface area contributed by atoms with Gasteiger partial charge in [-0.1, -0.05) is 17.7 Å². The minimum atomic E-state index is -0.409. The molecule has 1 aliphatic heterocycles. The van der Waals surface area contributed by atoms with Crippen molar-refractivity contribution in [1.82, 2.24) is 25.1 Å². The summed E-state index contributed by atoms with van der Waals surface area (Å²) in [6, 6.07) is 16.9. The highest BCUT2D eigenvalue weighted by Crippen LogP contribution is 2.25. The number of anilines is 1. The van der Waals surface area contributed by atoms with Gasteiger partial charge >= 0.3 is 0 Å². The Morgan fingerprint density at radius 2 is 1.86 bits per heavy atom. The lowest BCUT2D eigenvalue weighted by atomic mass is 10.1. The van der Waals surface area contributed by atoms with Gasteiger partial charge in [-0.25, -0.2) is 4.39 Å². The summed E-state index contributed by atoms with van der Waals surface area (Å²) >= 11 is 0. The van der Waals surface area contributed by atoms with Crippen LogP contribution in [0.1, 0.15) is 12.0 Å². The quantitative estimate of drug-likeness (QED) is 0.414. The molecule has 0 saturated carbocycles. The number of hydrogen-bond acceptors (Lipinski definition) is 6. The van der Waals surface area contributed by atoms with Crippen LogP contribution in [0.2, 0.25) is 0 Å². The van der Waals surface area contributed by atoms with Gasteiger partial charge in [0.2, 0.25) is 17.7 Å². The third-order valence-electron chi connectivity index (χ3n) is 5.83. The molecule has 2 aromatic heterocycles. The maximum Gasteiger partial charge on any atom is 0.231 e. The number of carbonyl (C=O) groups excluding carboxylic acids is 2. The molecule has 35 heavy (non-hydrogen) atoms. The van der Waals surface area contributed by atoms with Crippen molar-refractivity contribution in [1.29, 1.82) is 0 Å². The van der Waals surface area contributed by atoms with Gasteiger partial charge in [0.05, 0.1) is 12.5 Å². The van der Waals surface area contributed by atoms with Crippen molar-refractivity contribution in [2.45, 2.75) is 13.3 Å². The highest BCUT2D eigenvalue weighted by Gasteiger charge is 2.34. The van der Waals surface area contributed by atoms with Gasteiger partial charge in [-0.3, -0.25) is 9.59 Å². The Balaban J connectivity index is 1.15. The van der Waals surface area contributed by atoms with Crippen molar-refractivity contribution in [3.8, 4) is 17.3 Å². The van der Waals surface area contributed by atoms with E-state index >= 15 is 0 Å². The van der Waals surface area contributed by atoms with Gasteiger partial charge in [0, 0.05) is 30.3 Å². The third-order valence-corrected chi connectivity index (χ3v) is 5.83. The number of hydrogen-bond donors (Lipinski definition) is 1. The van der Waals surface area contributed by atoms with E-state index in [4.69, 9.17) is 4.74 Å². The first-order valence-corrected chi connectivity index (χ1v) is 11.2. The predicted octanol–water partition coefficient (Wildman–Crippen LogP) is 2.79. The summed E-state index contributed by atoms with van der Waals surface area (Å²) in [6.45, 7) is 2.80. The number of halogens is 1. The zero-order valence-corrected chi connectivity index (χ0v) is 19.0. The molecule has 1 aliphatic rings. The maximum absolute atomic E-state index is 13.2. The molecule has 9 nitrogen and oxygen atoms in total. The molecular formula is C25H23FN6O3. The van der Waals surface area contributed by atoms with Gasteiger partial charge in [0.15, 0.2) is 11.5 Å².